The van der Waals surface area contributed by atoms with Gasteiger partial charge in [0.25, 0.3) is 0 Å². The smallest absolute Gasteiger partial charge is 0.320 e. The zero-order valence-corrected chi connectivity index (χ0v) is 5.62. The fourth-order valence-electron chi connectivity index (χ4n) is 0.461. The van der Waals surface area contributed by atoms with Crippen LogP contribution >= 0.6 is 0 Å². The lowest BCUT2D eigenvalue weighted by Gasteiger charge is -2.02. The Hall–Kier alpha value is -0.680. The zero-order chi connectivity index (χ0) is 7.28. The predicted octanol–water partition coefficient (Wildman–Crippen LogP) is -0.710. The van der Waals surface area contributed by atoms with Crippen LogP contribution in [0.3, 0.4) is 0 Å². The minimum atomic E-state index is -0.955. The molecule has 1 atom stereocenters. The maximum Gasteiger partial charge on any atom is 0.320 e. The van der Waals surface area contributed by atoms with Gasteiger partial charge in [0.15, 0.2) is 0 Å². The first-order valence-electron chi connectivity index (χ1n) is 2.87. The van der Waals surface area contributed by atoms with Crippen molar-refractivity contribution in [2.45, 2.75) is 18.9 Å². The highest BCUT2D eigenvalue weighted by molar-refractivity contribution is 5.72. The van der Waals surface area contributed by atoms with Crippen LogP contribution in [0, 0.1) is 0 Å². The SMILES string of the molecule is F.NCCC[C@@H](N)C(=O)O. The second-order valence-corrected chi connectivity index (χ2v) is 1.88. The molecule has 0 fully saturated rings. The van der Waals surface area contributed by atoms with Crippen LogP contribution in [0.2, 0.25) is 0 Å². The number of rotatable bonds is 4. The second kappa shape index (κ2) is 6.44. The van der Waals surface area contributed by atoms with Crippen molar-refractivity contribution in [1.82, 2.24) is 0 Å². The van der Waals surface area contributed by atoms with Crippen LogP contribution in [0.4, 0.5) is 4.70 Å². The Morgan fingerprint density at radius 1 is 1.60 bits per heavy atom. The summed E-state index contributed by atoms with van der Waals surface area (Å²) >= 11 is 0. The fourth-order valence-corrected chi connectivity index (χ4v) is 0.461. The first-order valence-corrected chi connectivity index (χ1v) is 2.87. The molecule has 0 aliphatic carbocycles. The van der Waals surface area contributed by atoms with Crippen molar-refractivity contribution >= 4 is 5.97 Å². The minimum absolute atomic E-state index is 0. The van der Waals surface area contributed by atoms with Crippen LogP contribution in [0.1, 0.15) is 12.8 Å². The third-order valence-corrected chi connectivity index (χ3v) is 1.04. The number of hydrogen-bond acceptors (Lipinski definition) is 3. The molecule has 0 saturated heterocycles. The van der Waals surface area contributed by atoms with E-state index in [4.69, 9.17) is 16.6 Å². The van der Waals surface area contributed by atoms with Crippen LogP contribution in [-0.2, 0) is 4.79 Å². The summed E-state index contributed by atoms with van der Waals surface area (Å²) in [4.78, 5) is 10.0. The summed E-state index contributed by atoms with van der Waals surface area (Å²) in [6.07, 6.45) is 1.14. The summed E-state index contributed by atoms with van der Waals surface area (Å²) in [5.74, 6) is -0.955. The van der Waals surface area contributed by atoms with Crippen LogP contribution in [0.15, 0.2) is 0 Å². The Labute approximate surface area is 58.6 Å². The molecule has 0 aromatic rings. The van der Waals surface area contributed by atoms with Gasteiger partial charge in [0.05, 0.1) is 0 Å². The summed E-state index contributed by atoms with van der Waals surface area (Å²) in [5, 5.41) is 8.24. The van der Waals surface area contributed by atoms with Crippen molar-refractivity contribution in [3.05, 3.63) is 0 Å². The monoisotopic (exact) mass is 152 g/mol. The van der Waals surface area contributed by atoms with E-state index in [1.54, 1.807) is 0 Å². The Kier molecular flexibility index (Phi) is 7.75. The first kappa shape index (κ1) is 12.0. The second-order valence-electron chi connectivity index (χ2n) is 1.88. The van der Waals surface area contributed by atoms with Gasteiger partial charge in [0, 0.05) is 0 Å². The van der Waals surface area contributed by atoms with E-state index < -0.39 is 12.0 Å². The van der Waals surface area contributed by atoms with Gasteiger partial charge in [-0.15, -0.1) is 0 Å². The molecule has 0 amide bonds. The zero-order valence-electron chi connectivity index (χ0n) is 5.62. The molecule has 0 heterocycles. The van der Waals surface area contributed by atoms with Crippen molar-refractivity contribution in [2.75, 3.05) is 6.54 Å². The van der Waals surface area contributed by atoms with Gasteiger partial charge in [-0.25, -0.2) is 0 Å². The van der Waals surface area contributed by atoms with Crippen LogP contribution in [0.25, 0.3) is 0 Å². The van der Waals surface area contributed by atoms with E-state index in [0.29, 0.717) is 19.4 Å². The predicted molar refractivity (Wildman–Crippen MR) is 36.4 cm³/mol. The molecule has 0 saturated carbocycles. The van der Waals surface area contributed by atoms with Gasteiger partial charge < -0.3 is 16.6 Å². The van der Waals surface area contributed by atoms with E-state index in [2.05, 4.69) is 0 Å². The van der Waals surface area contributed by atoms with Gasteiger partial charge >= 0.3 is 5.97 Å². The van der Waals surface area contributed by atoms with Gasteiger partial charge in [0.1, 0.15) is 6.04 Å². The number of carboxylic acids is 1. The van der Waals surface area contributed by atoms with Crippen molar-refractivity contribution in [3.8, 4) is 0 Å². The Morgan fingerprint density at radius 3 is 2.40 bits per heavy atom. The molecule has 10 heavy (non-hydrogen) atoms. The van der Waals surface area contributed by atoms with Gasteiger partial charge in [0.2, 0.25) is 0 Å². The summed E-state index contributed by atoms with van der Waals surface area (Å²) in [5.41, 5.74) is 10.3. The summed E-state index contributed by atoms with van der Waals surface area (Å²) in [6, 6.07) is -0.742. The lowest BCUT2D eigenvalue weighted by Crippen LogP contribution is -2.30. The van der Waals surface area contributed by atoms with Crippen molar-refractivity contribution in [2.24, 2.45) is 11.5 Å². The molecular weight excluding hydrogens is 139 g/mol. The molecule has 0 rings (SSSR count). The lowest BCUT2D eigenvalue weighted by molar-refractivity contribution is -0.138. The third kappa shape index (κ3) is 5.46. The van der Waals surface area contributed by atoms with E-state index in [9.17, 15) is 4.79 Å². The topological polar surface area (TPSA) is 89.3 Å². The quantitative estimate of drug-likeness (QED) is 0.496. The number of halogens is 1. The maximum absolute atomic E-state index is 10.0. The Morgan fingerprint density at radius 2 is 2.10 bits per heavy atom. The molecule has 5 N–H and O–H groups in total. The standard InChI is InChI=1S/C5H12N2O2.FH/c6-3-1-2-4(7)5(8)9;/h4H,1-3,6-7H2,(H,8,9);1H/t4-;/m1./s1. The Bertz CT molecular complexity index is 99.6. The molecule has 0 unspecified atom stereocenters. The highest BCUT2D eigenvalue weighted by Crippen LogP contribution is 1.91. The fraction of sp³-hybridized carbons (Fsp3) is 0.800. The van der Waals surface area contributed by atoms with Gasteiger partial charge in [-0.3, -0.25) is 9.50 Å². The molecule has 0 aliphatic rings. The lowest BCUT2D eigenvalue weighted by atomic mass is 10.2. The molecular formula is C5H13FN2O2. The van der Waals surface area contributed by atoms with Gasteiger partial charge in [-0.1, -0.05) is 0 Å². The molecule has 0 aliphatic heterocycles. The summed E-state index contributed by atoms with van der Waals surface area (Å²) in [6.45, 7) is 0.501. The molecule has 0 spiro atoms. The summed E-state index contributed by atoms with van der Waals surface area (Å²) < 4.78 is 0. The first-order chi connectivity index (χ1) is 4.18. The van der Waals surface area contributed by atoms with Gasteiger partial charge in [-0.2, -0.15) is 0 Å². The Balaban J connectivity index is 0. The highest BCUT2D eigenvalue weighted by atomic mass is 19.0. The molecule has 0 radical (unpaired) electrons. The maximum atomic E-state index is 10.0. The molecule has 62 valence electrons. The van der Waals surface area contributed by atoms with Gasteiger partial charge in [-0.05, 0) is 19.4 Å². The number of nitrogens with two attached hydrogens (primary N) is 2. The van der Waals surface area contributed by atoms with E-state index in [1.807, 2.05) is 0 Å². The van der Waals surface area contributed by atoms with E-state index in [1.165, 1.54) is 0 Å². The highest BCUT2D eigenvalue weighted by Gasteiger charge is 2.08. The average molecular weight is 152 g/mol. The van der Waals surface area contributed by atoms with Crippen LogP contribution < -0.4 is 11.5 Å². The van der Waals surface area contributed by atoms with Crippen molar-refractivity contribution in [1.29, 1.82) is 0 Å². The van der Waals surface area contributed by atoms with Crippen molar-refractivity contribution in [3.63, 3.8) is 0 Å². The largest absolute Gasteiger partial charge is 0.480 e. The number of carbonyl (C=O) groups is 1. The van der Waals surface area contributed by atoms with Crippen molar-refractivity contribution < 1.29 is 14.6 Å². The van der Waals surface area contributed by atoms with Crippen LogP contribution in [0.5, 0.6) is 0 Å². The minimum Gasteiger partial charge on any atom is -0.480 e. The number of hydrogen-bond donors (Lipinski definition) is 3. The normalized spacial score (nSPS) is 11.8. The molecule has 0 aromatic carbocycles. The average Bonchev–Trinajstić information content (AvgIpc) is 1.82. The summed E-state index contributed by atoms with van der Waals surface area (Å²) in [7, 11) is 0. The van der Waals surface area contributed by atoms with Crippen LogP contribution in [-0.4, -0.2) is 23.7 Å². The molecule has 0 aromatic heterocycles. The van der Waals surface area contributed by atoms with E-state index in [0.717, 1.165) is 0 Å². The third-order valence-electron chi connectivity index (χ3n) is 1.04. The number of aliphatic carboxylic acids is 1. The molecule has 0 bridgehead atoms. The van der Waals surface area contributed by atoms with E-state index >= 15 is 0 Å². The van der Waals surface area contributed by atoms with E-state index in [-0.39, 0.29) is 4.70 Å². The molecule has 5 heteroatoms. The molecule has 4 nitrogen and oxygen atoms in total. The number of carboxylic acid groups (broad SMARTS) is 1.